The second-order valence-corrected chi connectivity index (χ2v) is 4.81. The predicted molar refractivity (Wildman–Crippen MR) is 66.7 cm³/mol. The zero-order chi connectivity index (χ0) is 12.5. The Labute approximate surface area is 105 Å². The van der Waals surface area contributed by atoms with Gasteiger partial charge in [0, 0.05) is 29.7 Å². The fraction of sp³-hybridized carbons (Fsp3) is 0.357. The molecule has 0 radical (unpaired) electrons. The molecule has 4 heteroatoms. The molecule has 1 unspecified atom stereocenters. The highest BCUT2D eigenvalue weighted by Gasteiger charge is 2.25. The molecule has 1 N–H and O–H groups in total. The highest BCUT2D eigenvalue weighted by molar-refractivity contribution is 5.83. The molecule has 1 aromatic carbocycles. The Hall–Kier alpha value is -1.81. The number of nitrogens with one attached hydrogen (secondary N) is 1. The minimum Gasteiger partial charge on any atom is -0.548 e. The number of likely N-dealkylation sites (tertiary alicyclic amines) is 1. The van der Waals surface area contributed by atoms with Gasteiger partial charge in [0.25, 0.3) is 0 Å². The van der Waals surface area contributed by atoms with E-state index in [1.807, 2.05) is 29.3 Å². The largest absolute Gasteiger partial charge is 0.548 e. The topological polar surface area (TPSA) is 59.2 Å². The van der Waals surface area contributed by atoms with Crippen LogP contribution < -0.4 is 5.11 Å². The maximum Gasteiger partial charge on any atom is 0.0586 e. The number of nitrogens with zero attached hydrogens (tertiary/aromatic N) is 1. The van der Waals surface area contributed by atoms with Gasteiger partial charge in [0.2, 0.25) is 0 Å². The van der Waals surface area contributed by atoms with Gasteiger partial charge in [-0.3, -0.25) is 4.90 Å². The van der Waals surface area contributed by atoms with Crippen molar-refractivity contribution in [2.45, 2.75) is 25.4 Å². The summed E-state index contributed by atoms with van der Waals surface area (Å²) >= 11 is 0. The summed E-state index contributed by atoms with van der Waals surface area (Å²) in [6.45, 7) is 1.50. The summed E-state index contributed by atoms with van der Waals surface area (Å²) in [6.07, 6.45) is 3.60. The van der Waals surface area contributed by atoms with Crippen molar-refractivity contribution in [1.29, 1.82) is 0 Å². The van der Waals surface area contributed by atoms with Crippen molar-refractivity contribution < 1.29 is 9.90 Å². The Morgan fingerprint density at radius 2 is 2.28 bits per heavy atom. The van der Waals surface area contributed by atoms with E-state index in [0.29, 0.717) is 13.0 Å². The fourth-order valence-corrected chi connectivity index (χ4v) is 2.76. The number of rotatable bonds is 3. The lowest BCUT2D eigenvalue weighted by Gasteiger charge is -2.24. The zero-order valence-corrected chi connectivity index (χ0v) is 10.1. The molecule has 0 amide bonds. The average molecular weight is 243 g/mol. The van der Waals surface area contributed by atoms with Gasteiger partial charge in [0.05, 0.1) is 5.97 Å². The predicted octanol–water partition coefficient (Wildman–Crippen LogP) is 0.882. The van der Waals surface area contributed by atoms with Gasteiger partial charge >= 0.3 is 0 Å². The maximum atomic E-state index is 11.0. The quantitative estimate of drug-likeness (QED) is 0.870. The van der Waals surface area contributed by atoms with E-state index in [9.17, 15) is 9.90 Å². The molecule has 94 valence electrons. The average Bonchev–Trinajstić information content (AvgIpc) is 2.97. The van der Waals surface area contributed by atoms with Crippen LogP contribution in [0.2, 0.25) is 0 Å². The molecule has 1 aromatic heterocycles. The normalized spacial score (nSPS) is 20.6. The van der Waals surface area contributed by atoms with Crippen molar-refractivity contribution in [2.75, 3.05) is 6.54 Å². The molecule has 18 heavy (non-hydrogen) atoms. The number of para-hydroxylation sites is 1. The highest BCUT2D eigenvalue weighted by Crippen LogP contribution is 2.24. The molecule has 2 heterocycles. The maximum absolute atomic E-state index is 11.0. The molecule has 1 fully saturated rings. The number of hydrogen-bond acceptors (Lipinski definition) is 3. The van der Waals surface area contributed by atoms with Gasteiger partial charge in [-0.25, -0.2) is 0 Å². The summed E-state index contributed by atoms with van der Waals surface area (Å²) in [5.41, 5.74) is 2.25. The van der Waals surface area contributed by atoms with Crippen molar-refractivity contribution in [2.24, 2.45) is 0 Å². The Balaban J connectivity index is 1.86. The fourth-order valence-electron chi connectivity index (χ4n) is 2.76. The third-order valence-electron chi connectivity index (χ3n) is 3.68. The van der Waals surface area contributed by atoms with Crippen LogP contribution in [0.25, 0.3) is 10.9 Å². The number of carbonyl (C=O) groups excluding carboxylic acids is 1. The van der Waals surface area contributed by atoms with Crippen LogP contribution in [0.15, 0.2) is 30.5 Å². The highest BCUT2D eigenvalue weighted by atomic mass is 16.4. The number of aromatic nitrogens is 1. The SMILES string of the molecule is O=C([O-])C1CCCN1Cc1c[nH]c2ccccc12. The van der Waals surface area contributed by atoms with Crippen molar-refractivity contribution in [3.05, 3.63) is 36.0 Å². The van der Waals surface area contributed by atoms with Crippen LogP contribution in [0.5, 0.6) is 0 Å². The third-order valence-corrected chi connectivity index (χ3v) is 3.68. The van der Waals surface area contributed by atoms with Gasteiger partial charge in [-0.15, -0.1) is 0 Å². The number of benzene rings is 1. The summed E-state index contributed by atoms with van der Waals surface area (Å²) in [5.74, 6) is -0.952. The molecule has 4 nitrogen and oxygen atoms in total. The van der Waals surface area contributed by atoms with Crippen molar-refractivity contribution in [1.82, 2.24) is 9.88 Å². The van der Waals surface area contributed by atoms with Crippen molar-refractivity contribution in [3.63, 3.8) is 0 Å². The molecule has 3 rings (SSSR count). The second-order valence-electron chi connectivity index (χ2n) is 4.81. The van der Waals surface area contributed by atoms with Crippen LogP contribution in [0.4, 0.5) is 0 Å². The first-order valence-corrected chi connectivity index (χ1v) is 6.25. The summed E-state index contributed by atoms with van der Waals surface area (Å²) in [6, 6.07) is 7.64. The van der Waals surface area contributed by atoms with Gasteiger partial charge in [-0.1, -0.05) is 18.2 Å². The van der Waals surface area contributed by atoms with E-state index < -0.39 is 12.0 Å². The van der Waals surface area contributed by atoms with Crippen LogP contribution in [-0.2, 0) is 11.3 Å². The molecular weight excluding hydrogens is 228 g/mol. The van der Waals surface area contributed by atoms with Crippen LogP contribution >= 0.6 is 0 Å². The number of fused-ring (bicyclic) bond motifs is 1. The Morgan fingerprint density at radius 3 is 3.11 bits per heavy atom. The molecule has 1 aliphatic heterocycles. The van der Waals surface area contributed by atoms with Crippen LogP contribution in [0.3, 0.4) is 0 Å². The molecule has 2 aromatic rings. The lowest BCUT2D eigenvalue weighted by Crippen LogP contribution is -2.43. The first-order chi connectivity index (χ1) is 8.75. The molecule has 1 aliphatic rings. The van der Waals surface area contributed by atoms with E-state index in [2.05, 4.69) is 11.1 Å². The summed E-state index contributed by atoms with van der Waals surface area (Å²) < 4.78 is 0. The minimum atomic E-state index is -0.952. The number of H-pyrrole nitrogens is 1. The number of carboxylic acids is 1. The first-order valence-electron chi connectivity index (χ1n) is 6.25. The van der Waals surface area contributed by atoms with E-state index >= 15 is 0 Å². The van der Waals surface area contributed by atoms with Gasteiger partial charge < -0.3 is 14.9 Å². The van der Waals surface area contributed by atoms with E-state index in [1.165, 1.54) is 5.39 Å². The van der Waals surface area contributed by atoms with Crippen LogP contribution in [0.1, 0.15) is 18.4 Å². The Bertz CT molecular complexity index is 576. The molecule has 0 aliphatic carbocycles. The zero-order valence-electron chi connectivity index (χ0n) is 10.1. The molecule has 1 saturated heterocycles. The third kappa shape index (κ3) is 1.88. The van der Waals surface area contributed by atoms with Gasteiger partial charge in [0.15, 0.2) is 0 Å². The Morgan fingerprint density at radius 1 is 1.44 bits per heavy atom. The lowest BCUT2D eigenvalue weighted by atomic mass is 10.1. The minimum absolute atomic E-state index is 0.432. The Kier molecular flexibility index (Phi) is 2.80. The molecule has 0 saturated carbocycles. The number of aliphatic carboxylic acids is 1. The summed E-state index contributed by atoms with van der Waals surface area (Å²) in [5, 5.41) is 12.2. The lowest BCUT2D eigenvalue weighted by molar-refractivity contribution is -0.311. The first kappa shape index (κ1) is 11.3. The number of carboxylic acid groups (broad SMARTS) is 1. The van der Waals surface area contributed by atoms with Crippen molar-refractivity contribution in [3.8, 4) is 0 Å². The van der Waals surface area contributed by atoms with Gasteiger partial charge in [0.1, 0.15) is 0 Å². The van der Waals surface area contributed by atoms with E-state index in [1.54, 1.807) is 0 Å². The van der Waals surface area contributed by atoms with E-state index in [-0.39, 0.29) is 0 Å². The smallest absolute Gasteiger partial charge is 0.0586 e. The van der Waals surface area contributed by atoms with Gasteiger partial charge in [-0.2, -0.15) is 0 Å². The molecule has 0 spiro atoms. The number of carbonyl (C=O) groups is 1. The van der Waals surface area contributed by atoms with E-state index in [4.69, 9.17) is 0 Å². The molecular formula is C14H15N2O2-. The molecule has 0 bridgehead atoms. The summed E-state index contributed by atoms with van der Waals surface area (Å²) in [7, 11) is 0. The molecule has 1 atom stereocenters. The summed E-state index contributed by atoms with van der Waals surface area (Å²) in [4.78, 5) is 16.3. The van der Waals surface area contributed by atoms with Crippen LogP contribution in [-0.4, -0.2) is 28.4 Å². The van der Waals surface area contributed by atoms with Crippen LogP contribution in [0, 0.1) is 0 Å². The van der Waals surface area contributed by atoms with E-state index in [0.717, 1.165) is 24.0 Å². The van der Waals surface area contributed by atoms with Crippen molar-refractivity contribution >= 4 is 16.9 Å². The number of hydrogen-bond donors (Lipinski definition) is 1. The second kappa shape index (κ2) is 4.46. The van der Waals surface area contributed by atoms with Gasteiger partial charge in [-0.05, 0) is 31.0 Å². The number of aromatic amines is 1. The standard InChI is InChI=1S/C14H16N2O2/c17-14(18)13-6-3-7-16(13)9-10-8-15-12-5-2-1-4-11(10)12/h1-2,4-5,8,13,15H,3,6-7,9H2,(H,17,18)/p-1. The monoisotopic (exact) mass is 243 g/mol.